The van der Waals surface area contributed by atoms with E-state index in [0.29, 0.717) is 5.56 Å². The molecule has 4 heteroatoms. The smallest absolute Gasteiger partial charge is 0.151 e. The van der Waals surface area contributed by atoms with Gasteiger partial charge in [-0.3, -0.25) is 0 Å². The SMILES string of the molecule is CC.CS(=O)(=O)Cc1ccc(F)cc1. The Morgan fingerprint density at radius 1 is 1.14 bits per heavy atom. The monoisotopic (exact) mass is 218 g/mol. The summed E-state index contributed by atoms with van der Waals surface area (Å²) in [7, 11) is -3.01. The van der Waals surface area contributed by atoms with E-state index in [1.807, 2.05) is 13.8 Å². The van der Waals surface area contributed by atoms with E-state index in [1.165, 1.54) is 24.3 Å². The van der Waals surface area contributed by atoms with Crippen LogP contribution in [0.2, 0.25) is 0 Å². The van der Waals surface area contributed by atoms with E-state index in [9.17, 15) is 12.8 Å². The fourth-order valence-corrected chi connectivity index (χ4v) is 1.68. The molecule has 0 aromatic heterocycles. The first-order valence-corrected chi connectivity index (χ1v) is 6.45. The topological polar surface area (TPSA) is 34.1 Å². The molecule has 0 radical (unpaired) electrons. The molecule has 0 saturated carbocycles. The first-order chi connectivity index (χ1) is 6.47. The largest absolute Gasteiger partial charge is 0.229 e. The van der Waals surface area contributed by atoms with Crippen LogP contribution in [-0.2, 0) is 15.6 Å². The molecule has 0 N–H and O–H groups in total. The predicted molar refractivity (Wildman–Crippen MR) is 56.3 cm³/mol. The molecular formula is C10H15FO2S. The molecule has 0 spiro atoms. The molecule has 0 aliphatic heterocycles. The third kappa shape index (κ3) is 5.70. The minimum Gasteiger partial charge on any atom is -0.229 e. The van der Waals surface area contributed by atoms with Crippen LogP contribution < -0.4 is 0 Å². The van der Waals surface area contributed by atoms with Crippen molar-refractivity contribution < 1.29 is 12.8 Å². The van der Waals surface area contributed by atoms with Crippen LogP contribution in [0, 0.1) is 5.82 Å². The molecule has 1 aromatic rings. The second kappa shape index (κ2) is 5.75. The average Bonchev–Trinajstić information content (AvgIpc) is 2.10. The number of benzene rings is 1. The zero-order valence-electron chi connectivity index (χ0n) is 8.62. The average molecular weight is 218 g/mol. The fourth-order valence-electron chi connectivity index (χ4n) is 0.883. The Morgan fingerprint density at radius 3 is 1.93 bits per heavy atom. The van der Waals surface area contributed by atoms with Crippen LogP contribution in [0.3, 0.4) is 0 Å². The Kier molecular flexibility index (Phi) is 5.38. The molecule has 0 atom stereocenters. The van der Waals surface area contributed by atoms with Gasteiger partial charge in [0.15, 0.2) is 9.84 Å². The summed E-state index contributed by atoms with van der Waals surface area (Å²) < 4.78 is 34.0. The van der Waals surface area contributed by atoms with Crippen LogP contribution in [-0.4, -0.2) is 14.7 Å². The first-order valence-electron chi connectivity index (χ1n) is 4.39. The van der Waals surface area contributed by atoms with Gasteiger partial charge in [-0.25, -0.2) is 12.8 Å². The highest BCUT2D eigenvalue weighted by Crippen LogP contribution is 2.05. The Bertz CT molecular complexity index is 354. The second-order valence-corrected chi connectivity index (χ2v) is 4.84. The molecule has 0 saturated heterocycles. The maximum absolute atomic E-state index is 12.4. The van der Waals surface area contributed by atoms with Gasteiger partial charge in [-0.05, 0) is 17.7 Å². The van der Waals surface area contributed by atoms with Gasteiger partial charge >= 0.3 is 0 Å². The van der Waals surface area contributed by atoms with Gasteiger partial charge in [0.2, 0.25) is 0 Å². The van der Waals surface area contributed by atoms with Crippen LogP contribution in [0.1, 0.15) is 19.4 Å². The summed E-state index contributed by atoms with van der Waals surface area (Å²) in [6, 6.07) is 5.44. The Balaban J connectivity index is 0.000000791. The van der Waals surface area contributed by atoms with Crippen LogP contribution >= 0.6 is 0 Å². The van der Waals surface area contributed by atoms with Crippen molar-refractivity contribution in [2.45, 2.75) is 19.6 Å². The van der Waals surface area contributed by atoms with Crippen molar-refractivity contribution in [1.82, 2.24) is 0 Å². The van der Waals surface area contributed by atoms with Gasteiger partial charge < -0.3 is 0 Å². The van der Waals surface area contributed by atoms with Crippen molar-refractivity contribution in [2.24, 2.45) is 0 Å². The number of halogens is 1. The highest BCUT2D eigenvalue weighted by Gasteiger charge is 2.03. The van der Waals surface area contributed by atoms with E-state index in [-0.39, 0.29) is 11.6 Å². The van der Waals surface area contributed by atoms with E-state index in [0.717, 1.165) is 6.26 Å². The van der Waals surface area contributed by atoms with Gasteiger partial charge in [0.1, 0.15) is 5.82 Å². The molecule has 0 aliphatic rings. The molecule has 0 aliphatic carbocycles. The van der Waals surface area contributed by atoms with E-state index in [2.05, 4.69) is 0 Å². The summed E-state index contributed by atoms with van der Waals surface area (Å²) in [5.41, 5.74) is 0.610. The maximum atomic E-state index is 12.4. The molecule has 0 amide bonds. The maximum Gasteiger partial charge on any atom is 0.151 e. The van der Waals surface area contributed by atoms with E-state index < -0.39 is 9.84 Å². The van der Waals surface area contributed by atoms with Crippen molar-refractivity contribution in [1.29, 1.82) is 0 Å². The lowest BCUT2D eigenvalue weighted by Gasteiger charge is -1.97. The van der Waals surface area contributed by atoms with Crippen LogP contribution in [0.25, 0.3) is 0 Å². The van der Waals surface area contributed by atoms with Crippen molar-refractivity contribution in [3.8, 4) is 0 Å². The Hall–Kier alpha value is -0.900. The first kappa shape index (κ1) is 13.1. The molecule has 0 unspecified atom stereocenters. The second-order valence-electron chi connectivity index (χ2n) is 2.70. The van der Waals surface area contributed by atoms with E-state index in [4.69, 9.17) is 0 Å². The lowest BCUT2D eigenvalue weighted by Crippen LogP contribution is -2.00. The molecule has 1 aromatic carbocycles. The molecule has 0 bridgehead atoms. The Morgan fingerprint density at radius 2 is 1.57 bits per heavy atom. The Labute approximate surface area is 84.7 Å². The van der Waals surface area contributed by atoms with Gasteiger partial charge in [-0.15, -0.1) is 0 Å². The highest BCUT2D eigenvalue weighted by molar-refractivity contribution is 7.89. The van der Waals surface area contributed by atoms with E-state index in [1.54, 1.807) is 0 Å². The molecule has 0 fully saturated rings. The highest BCUT2D eigenvalue weighted by atomic mass is 32.2. The quantitative estimate of drug-likeness (QED) is 0.763. The van der Waals surface area contributed by atoms with Crippen molar-refractivity contribution in [3.63, 3.8) is 0 Å². The van der Waals surface area contributed by atoms with Crippen molar-refractivity contribution in [2.75, 3.05) is 6.26 Å². The van der Waals surface area contributed by atoms with Crippen molar-refractivity contribution >= 4 is 9.84 Å². The minimum absolute atomic E-state index is 0.0344. The normalized spacial score (nSPS) is 10.3. The molecule has 80 valence electrons. The lowest BCUT2D eigenvalue weighted by atomic mass is 10.2. The molecule has 1 rings (SSSR count). The van der Waals surface area contributed by atoms with Gasteiger partial charge in [-0.1, -0.05) is 26.0 Å². The van der Waals surface area contributed by atoms with Gasteiger partial charge in [0.05, 0.1) is 5.75 Å². The fraction of sp³-hybridized carbons (Fsp3) is 0.400. The summed E-state index contributed by atoms with van der Waals surface area (Å²) in [6.45, 7) is 4.00. The third-order valence-electron chi connectivity index (χ3n) is 1.34. The predicted octanol–water partition coefficient (Wildman–Crippen LogP) is 2.40. The lowest BCUT2D eigenvalue weighted by molar-refractivity contribution is 0.600. The third-order valence-corrected chi connectivity index (χ3v) is 2.20. The number of sulfone groups is 1. The molecule has 14 heavy (non-hydrogen) atoms. The van der Waals surface area contributed by atoms with Gasteiger partial charge in [0, 0.05) is 6.26 Å². The van der Waals surface area contributed by atoms with Crippen LogP contribution in [0.5, 0.6) is 0 Å². The molecule has 0 heterocycles. The molecular weight excluding hydrogens is 203 g/mol. The number of hydrogen-bond donors (Lipinski definition) is 0. The summed E-state index contributed by atoms with van der Waals surface area (Å²) >= 11 is 0. The molecule has 2 nitrogen and oxygen atoms in total. The number of hydrogen-bond acceptors (Lipinski definition) is 2. The van der Waals surface area contributed by atoms with E-state index >= 15 is 0 Å². The summed E-state index contributed by atoms with van der Waals surface area (Å²) in [6.07, 6.45) is 1.15. The standard InChI is InChI=1S/C8H9FO2S.C2H6/c1-12(10,11)6-7-2-4-8(9)5-3-7;1-2/h2-5H,6H2,1H3;1-2H3. The minimum atomic E-state index is -3.01. The van der Waals surface area contributed by atoms with Gasteiger partial charge in [0.25, 0.3) is 0 Å². The summed E-state index contributed by atoms with van der Waals surface area (Å²) in [5, 5.41) is 0. The summed E-state index contributed by atoms with van der Waals surface area (Å²) in [4.78, 5) is 0. The van der Waals surface area contributed by atoms with Crippen LogP contribution in [0.4, 0.5) is 4.39 Å². The number of rotatable bonds is 2. The zero-order valence-corrected chi connectivity index (χ0v) is 9.44. The zero-order chi connectivity index (χ0) is 11.2. The summed E-state index contributed by atoms with van der Waals surface area (Å²) in [5.74, 6) is -0.389. The van der Waals surface area contributed by atoms with Crippen molar-refractivity contribution in [3.05, 3.63) is 35.6 Å². The van der Waals surface area contributed by atoms with Gasteiger partial charge in [-0.2, -0.15) is 0 Å². The van der Waals surface area contributed by atoms with Crippen LogP contribution in [0.15, 0.2) is 24.3 Å².